The van der Waals surface area contributed by atoms with Crippen LogP contribution in [-0.4, -0.2) is 65.1 Å². The van der Waals surface area contributed by atoms with E-state index in [1.165, 1.54) is 4.90 Å². The minimum atomic E-state index is -1.26. The number of likely N-dealkylation sites (N-methyl/N-ethyl adjacent to an activating group) is 1. The summed E-state index contributed by atoms with van der Waals surface area (Å²) < 4.78 is 5.17. The molecule has 2 amide bonds. The van der Waals surface area contributed by atoms with E-state index >= 15 is 0 Å². The topological polar surface area (TPSA) is 99.1 Å². The van der Waals surface area contributed by atoms with Crippen LogP contribution in [-0.2, 0) is 9.53 Å². The second-order valence-corrected chi connectivity index (χ2v) is 6.22. The van der Waals surface area contributed by atoms with Gasteiger partial charge in [0.2, 0.25) is 0 Å². The van der Waals surface area contributed by atoms with Crippen LogP contribution >= 0.6 is 0 Å². The second-order valence-electron chi connectivity index (χ2n) is 6.22. The summed E-state index contributed by atoms with van der Waals surface area (Å²) in [6, 6.07) is -0.459. The first kappa shape index (κ1) is 16.0. The molecule has 1 saturated heterocycles. The first-order valence-corrected chi connectivity index (χ1v) is 7.44. The Morgan fingerprint density at radius 2 is 1.76 bits per heavy atom. The lowest BCUT2D eigenvalue weighted by Crippen LogP contribution is -2.60. The molecule has 2 aliphatic rings. The average molecular weight is 300 g/mol. The van der Waals surface area contributed by atoms with Gasteiger partial charge < -0.3 is 25.2 Å². The number of carbonyl (C=O) groups excluding carboxylic acids is 1. The number of rotatable bonds is 4. The van der Waals surface area contributed by atoms with Gasteiger partial charge in [0.1, 0.15) is 5.54 Å². The fourth-order valence-electron chi connectivity index (χ4n) is 3.12. The van der Waals surface area contributed by atoms with Crippen LogP contribution in [0.5, 0.6) is 0 Å². The Hall–Kier alpha value is -1.34. The molecule has 0 radical (unpaired) electrons. The molecule has 1 saturated carbocycles. The Balaban J connectivity index is 1.96. The van der Waals surface area contributed by atoms with E-state index in [0.29, 0.717) is 26.1 Å². The van der Waals surface area contributed by atoms with Crippen LogP contribution in [0.15, 0.2) is 0 Å². The maximum absolute atomic E-state index is 12.3. The molecule has 1 aliphatic carbocycles. The lowest BCUT2D eigenvalue weighted by molar-refractivity contribution is -0.148. The molecule has 7 heteroatoms. The molecule has 0 aromatic heterocycles. The maximum atomic E-state index is 12.3. The summed E-state index contributed by atoms with van der Waals surface area (Å²) in [6.45, 7) is 0.867. The smallest absolute Gasteiger partial charge is 0.329 e. The average Bonchev–Trinajstić information content (AvgIpc) is 2.86. The van der Waals surface area contributed by atoms with Crippen LogP contribution < -0.4 is 5.32 Å². The molecule has 7 nitrogen and oxygen atoms in total. The maximum Gasteiger partial charge on any atom is 0.329 e. The van der Waals surface area contributed by atoms with Crippen molar-refractivity contribution < 1.29 is 24.5 Å². The Bertz CT molecular complexity index is 400. The van der Waals surface area contributed by atoms with Crippen molar-refractivity contribution in [2.24, 2.45) is 0 Å². The van der Waals surface area contributed by atoms with Gasteiger partial charge in [-0.3, -0.25) is 0 Å². The zero-order valence-electron chi connectivity index (χ0n) is 12.4. The Morgan fingerprint density at radius 3 is 2.29 bits per heavy atom. The summed E-state index contributed by atoms with van der Waals surface area (Å²) in [6.07, 6.45) is 3.80. The van der Waals surface area contributed by atoms with Gasteiger partial charge >= 0.3 is 12.0 Å². The molecule has 2 rings (SSSR count). The predicted molar refractivity (Wildman–Crippen MR) is 75.0 cm³/mol. The largest absolute Gasteiger partial charge is 0.480 e. The van der Waals surface area contributed by atoms with Crippen LogP contribution in [0.2, 0.25) is 0 Å². The van der Waals surface area contributed by atoms with E-state index in [4.69, 9.17) is 4.74 Å². The first-order valence-electron chi connectivity index (χ1n) is 7.44. The first-order chi connectivity index (χ1) is 9.87. The molecular weight excluding hydrogens is 276 g/mol. The van der Waals surface area contributed by atoms with Gasteiger partial charge in [0, 0.05) is 33.1 Å². The van der Waals surface area contributed by atoms with Gasteiger partial charge in [-0.05, 0) is 12.8 Å². The van der Waals surface area contributed by atoms with E-state index < -0.39 is 23.1 Å². The highest BCUT2D eigenvalue weighted by atomic mass is 16.5. The van der Waals surface area contributed by atoms with Gasteiger partial charge in [0.25, 0.3) is 0 Å². The van der Waals surface area contributed by atoms with Crippen LogP contribution in [0, 0.1) is 0 Å². The molecule has 120 valence electrons. The summed E-state index contributed by atoms with van der Waals surface area (Å²) in [5.41, 5.74) is -2.10. The van der Waals surface area contributed by atoms with Gasteiger partial charge in [0.05, 0.1) is 12.1 Å². The normalized spacial score (nSPS) is 23.5. The molecule has 1 heterocycles. The summed E-state index contributed by atoms with van der Waals surface area (Å²) in [5.74, 6) is -1.04. The van der Waals surface area contributed by atoms with E-state index in [1.54, 1.807) is 7.05 Å². The molecule has 0 aromatic carbocycles. The van der Waals surface area contributed by atoms with Crippen molar-refractivity contribution in [3.63, 3.8) is 0 Å². The van der Waals surface area contributed by atoms with Crippen molar-refractivity contribution in [2.75, 3.05) is 26.8 Å². The highest BCUT2D eigenvalue weighted by molar-refractivity contribution is 5.86. The van der Waals surface area contributed by atoms with Gasteiger partial charge in [-0.25, -0.2) is 9.59 Å². The monoisotopic (exact) mass is 300 g/mol. The fourth-order valence-corrected chi connectivity index (χ4v) is 3.12. The van der Waals surface area contributed by atoms with Crippen molar-refractivity contribution in [3.8, 4) is 0 Å². The van der Waals surface area contributed by atoms with Crippen molar-refractivity contribution in [1.82, 2.24) is 10.2 Å². The second kappa shape index (κ2) is 6.19. The highest BCUT2D eigenvalue weighted by Crippen LogP contribution is 2.30. The molecule has 0 atom stereocenters. The van der Waals surface area contributed by atoms with Crippen LogP contribution in [0.3, 0.4) is 0 Å². The van der Waals surface area contributed by atoms with E-state index in [0.717, 1.165) is 12.8 Å². The van der Waals surface area contributed by atoms with Gasteiger partial charge in [0.15, 0.2) is 0 Å². The number of hydrogen-bond acceptors (Lipinski definition) is 4. The molecule has 1 aliphatic heterocycles. The number of nitrogens with zero attached hydrogens (tertiary/aromatic N) is 1. The Morgan fingerprint density at radius 1 is 1.19 bits per heavy atom. The van der Waals surface area contributed by atoms with Crippen molar-refractivity contribution in [3.05, 3.63) is 0 Å². The van der Waals surface area contributed by atoms with Crippen LogP contribution in [0.25, 0.3) is 0 Å². The summed E-state index contributed by atoms with van der Waals surface area (Å²) in [5, 5.41) is 22.4. The van der Waals surface area contributed by atoms with Gasteiger partial charge in [-0.2, -0.15) is 0 Å². The number of carboxylic acid groups (broad SMARTS) is 1. The van der Waals surface area contributed by atoms with Gasteiger partial charge in [-0.1, -0.05) is 12.8 Å². The summed E-state index contributed by atoms with van der Waals surface area (Å²) >= 11 is 0. The molecule has 21 heavy (non-hydrogen) atoms. The van der Waals surface area contributed by atoms with Crippen molar-refractivity contribution >= 4 is 12.0 Å². The minimum Gasteiger partial charge on any atom is -0.480 e. The standard InChI is InChI=1S/C14H24N2O5/c1-16(10-13(20)4-2-3-5-13)12(19)15-14(11(17)18)6-8-21-9-7-14/h20H,2-10H2,1H3,(H,15,19)(H,17,18). The van der Waals surface area contributed by atoms with E-state index in [1.807, 2.05) is 0 Å². The van der Waals surface area contributed by atoms with Crippen LogP contribution in [0.4, 0.5) is 4.79 Å². The van der Waals surface area contributed by atoms with Crippen molar-refractivity contribution in [2.45, 2.75) is 49.7 Å². The summed E-state index contributed by atoms with van der Waals surface area (Å²) in [7, 11) is 1.58. The molecule has 0 unspecified atom stereocenters. The van der Waals surface area contributed by atoms with Crippen LogP contribution in [0.1, 0.15) is 38.5 Å². The Kier molecular flexibility index (Phi) is 4.73. The quantitative estimate of drug-likeness (QED) is 0.705. The van der Waals surface area contributed by atoms with E-state index in [9.17, 15) is 19.8 Å². The number of urea groups is 1. The Labute approximate surface area is 124 Å². The zero-order valence-corrected chi connectivity index (χ0v) is 12.4. The number of nitrogens with one attached hydrogen (secondary N) is 1. The molecular formula is C14H24N2O5. The van der Waals surface area contributed by atoms with E-state index in [2.05, 4.69) is 5.32 Å². The van der Waals surface area contributed by atoms with Gasteiger partial charge in [-0.15, -0.1) is 0 Å². The predicted octanol–water partition coefficient (Wildman–Crippen LogP) is 0.567. The lowest BCUT2D eigenvalue weighted by atomic mass is 9.90. The molecule has 0 bridgehead atoms. The molecule has 3 N–H and O–H groups in total. The third-order valence-corrected chi connectivity index (χ3v) is 4.51. The molecule has 0 spiro atoms. The number of carbonyl (C=O) groups is 2. The summed E-state index contributed by atoms with van der Waals surface area (Å²) in [4.78, 5) is 25.1. The number of hydrogen-bond donors (Lipinski definition) is 3. The SMILES string of the molecule is CN(CC1(O)CCCC1)C(=O)NC1(C(=O)O)CCOCC1. The molecule has 2 fully saturated rings. The lowest BCUT2D eigenvalue weighted by Gasteiger charge is -2.36. The third-order valence-electron chi connectivity index (χ3n) is 4.51. The number of amides is 2. The fraction of sp³-hybridized carbons (Fsp3) is 0.857. The number of aliphatic carboxylic acids is 1. The zero-order chi connectivity index (χ0) is 15.5. The van der Waals surface area contributed by atoms with Crippen molar-refractivity contribution in [1.29, 1.82) is 0 Å². The minimum absolute atomic E-state index is 0.227. The number of aliphatic hydroxyl groups is 1. The number of ether oxygens (including phenoxy) is 1. The third kappa shape index (κ3) is 3.65. The molecule has 0 aromatic rings. The highest BCUT2D eigenvalue weighted by Gasteiger charge is 2.43. The number of carboxylic acids is 1. The van der Waals surface area contributed by atoms with E-state index in [-0.39, 0.29) is 19.4 Å².